The normalized spacial score (nSPS) is 16.9. The average Bonchev–Trinajstić information content (AvgIpc) is 3.11. The predicted molar refractivity (Wildman–Crippen MR) is 110 cm³/mol. The number of aromatic nitrogens is 1. The Balaban J connectivity index is 1.55. The van der Waals surface area contributed by atoms with Crippen LogP contribution in [0.4, 0.5) is 0 Å². The van der Waals surface area contributed by atoms with Gasteiger partial charge in [-0.15, -0.1) is 0 Å². The van der Waals surface area contributed by atoms with Gasteiger partial charge >= 0.3 is 5.97 Å². The Kier molecular flexibility index (Phi) is 6.90. The number of aliphatic carboxylic acids is 1. The summed E-state index contributed by atoms with van der Waals surface area (Å²) in [6.45, 7) is 1.58. The lowest BCUT2D eigenvalue weighted by Gasteiger charge is -2.22. The number of carboxylic acids is 1. The number of fused-ring (bicyclic) bond motifs is 1. The molecule has 0 spiro atoms. The van der Waals surface area contributed by atoms with E-state index in [0.29, 0.717) is 12.3 Å². The van der Waals surface area contributed by atoms with Crippen LogP contribution in [0.15, 0.2) is 30.5 Å². The Labute approximate surface area is 170 Å². The van der Waals surface area contributed by atoms with Crippen LogP contribution >= 0.6 is 0 Å². The number of nitrogens with one attached hydrogen (secondary N) is 3. The van der Waals surface area contributed by atoms with Crippen LogP contribution in [0.1, 0.15) is 51.0 Å². The quantitative estimate of drug-likeness (QED) is 0.547. The molecule has 7 nitrogen and oxygen atoms in total. The predicted octanol–water partition coefficient (Wildman–Crippen LogP) is 2.75. The highest BCUT2D eigenvalue weighted by atomic mass is 16.4. The highest BCUT2D eigenvalue weighted by Gasteiger charge is 2.26. The van der Waals surface area contributed by atoms with E-state index in [4.69, 9.17) is 0 Å². The number of benzene rings is 1. The molecule has 2 aromatic rings. The molecule has 0 radical (unpaired) electrons. The van der Waals surface area contributed by atoms with Crippen molar-refractivity contribution in [1.82, 2.24) is 15.6 Å². The second-order valence-corrected chi connectivity index (χ2v) is 7.96. The van der Waals surface area contributed by atoms with Gasteiger partial charge in [0.25, 0.3) is 0 Å². The van der Waals surface area contributed by atoms with Crippen LogP contribution in [0.2, 0.25) is 0 Å². The molecule has 2 amide bonds. The first-order valence-corrected chi connectivity index (χ1v) is 10.3. The summed E-state index contributed by atoms with van der Waals surface area (Å²) >= 11 is 0. The van der Waals surface area contributed by atoms with E-state index in [1.807, 2.05) is 24.3 Å². The molecule has 1 aliphatic rings. The third kappa shape index (κ3) is 5.59. The summed E-state index contributed by atoms with van der Waals surface area (Å²) in [5, 5.41) is 15.8. The Morgan fingerprint density at radius 1 is 1.14 bits per heavy atom. The third-order valence-electron chi connectivity index (χ3n) is 5.68. The molecule has 1 fully saturated rings. The summed E-state index contributed by atoms with van der Waals surface area (Å²) in [4.78, 5) is 39.5. The summed E-state index contributed by atoms with van der Waals surface area (Å²) in [5.74, 6) is -1.37. The molecule has 3 rings (SSSR count). The first-order chi connectivity index (χ1) is 13.9. The van der Waals surface area contributed by atoms with Gasteiger partial charge in [0.2, 0.25) is 11.8 Å². The maximum absolute atomic E-state index is 12.5. The lowest BCUT2D eigenvalue weighted by molar-refractivity contribution is -0.142. The van der Waals surface area contributed by atoms with Crippen molar-refractivity contribution in [1.29, 1.82) is 0 Å². The van der Waals surface area contributed by atoms with Crippen molar-refractivity contribution < 1.29 is 19.5 Å². The van der Waals surface area contributed by atoms with E-state index in [1.165, 1.54) is 6.42 Å². The topological polar surface area (TPSA) is 111 Å². The molecule has 0 saturated heterocycles. The smallest absolute Gasteiger partial charge is 0.326 e. The molecule has 29 heavy (non-hydrogen) atoms. The number of rotatable bonds is 8. The molecule has 4 N–H and O–H groups in total. The number of para-hydroxylation sites is 1. The summed E-state index contributed by atoms with van der Waals surface area (Å²) in [7, 11) is 0. The van der Waals surface area contributed by atoms with E-state index in [2.05, 4.69) is 15.6 Å². The number of aromatic amines is 1. The molecule has 7 heteroatoms. The molecular weight excluding hydrogens is 370 g/mol. The van der Waals surface area contributed by atoms with Crippen molar-refractivity contribution in [2.45, 2.75) is 64.0 Å². The molecule has 156 valence electrons. The van der Waals surface area contributed by atoms with Gasteiger partial charge < -0.3 is 20.7 Å². The van der Waals surface area contributed by atoms with Crippen molar-refractivity contribution in [2.75, 3.05) is 0 Å². The molecule has 1 aromatic carbocycles. The lowest BCUT2D eigenvalue weighted by Crippen LogP contribution is -2.51. The van der Waals surface area contributed by atoms with Gasteiger partial charge in [-0.1, -0.05) is 37.5 Å². The van der Waals surface area contributed by atoms with Crippen LogP contribution in [0.3, 0.4) is 0 Å². The van der Waals surface area contributed by atoms with Gasteiger partial charge in [-0.25, -0.2) is 4.79 Å². The first-order valence-electron chi connectivity index (χ1n) is 10.3. The van der Waals surface area contributed by atoms with Crippen molar-refractivity contribution in [3.63, 3.8) is 0 Å². The number of carbonyl (C=O) groups excluding carboxylic acids is 2. The average molecular weight is 399 g/mol. The second-order valence-electron chi connectivity index (χ2n) is 7.96. The minimum absolute atomic E-state index is 0.150. The standard InChI is InChI=1S/C22H29N3O4/c1-14(24-20(26)11-15-7-3-2-4-8-15)21(27)25-19(22(28)29)12-16-13-23-18-10-6-5-9-17(16)18/h5-6,9-10,13-15,19,23H,2-4,7-8,11-12H2,1H3,(H,24,26)(H,25,27)(H,28,29). The van der Waals surface area contributed by atoms with Gasteiger partial charge in [-0.05, 0) is 37.3 Å². The fourth-order valence-corrected chi connectivity index (χ4v) is 4.04. The molecular formula is C22H29N3O4. The highest BCUT2D eigenvalue weighted by molar-refractivity contribution is 5.91. The van der Waals surface area contributed by atoms with E-state index in [-0.39, 0.29) is 12.3 Å². The van der Waals surface area contributed by atoms with E-state index < -0.39 is 24.0 Å². The molecule has 2 atom stereocenters. The zero-order valence-corrected chi connectivity index (χ0v) is 16.7. The Morgan fingerprint density at radius 3 is 2.59 bits per heavy atom. The van der Waals surface area contributed by atoms with Gasteiger partial charge in [0.15, 0.2) is 0 Å². The molecule has 1 aliphatic carbocycles. The number of hydrogen-bond acceptors (Lipinski definition) is 3. The summed E-state index contributed by atoms with van der Waals surface area (Å²) in [6.07, 6.45) is 8.00. The van der Waals surface area contributed by atoms with Crippen LogP contribution in [0.25, 0.3) is 10.9 Å². The highest BCUT2D eigenvalue weighted by Crippen LogP contribution is 2.26. The summed E-state index contributed by atoms with van der Waals surface area (Å²) in [6, 6.07) is 5.76. The Morgan fingerprint density at radius 2 is 1.86 bits per heavy atom. The Hall–Kier alpha value is -2.83. The SMILES string of the molecule is CC(NC(=O)CC1CCCCC1)C(=O)NC(Cc1c[nH]c2ccccc12)C(=O)O. The van der Waals surface area contributed by atoms with Crippen molar-refractivity contribution in [3.8, 4) is 0 Å². The number of carboxylic acid groups (broad SMARTS) is 1. The number of hydrogen-bond donors (Lipinski definition) is 4. The van der Waals surface area contributed by atoms with Crippen LogP contribution in [0.5, 0.6) is 0 Å². The maximum Gasteiger partial charge on any atom is 0.326 e. The van der Waals surface area contributed by atoms with Gasteiger partial charge in [0.05, 0.1) is 0 Å². The van der Waals surface area contributed by atoms with Crippen LogP contribution in [0, 0.1) is 5.92 Å². The van der Waals surface area contributed by atoms with Gasteiger partial charge in [-0.2, -0.15) is 0 Å². The van der Waals surface area contributed by atoms with E-state index in [9.17, 15) is 19.5 Å². The largest absolute Gasteiger partial charge is 0.480 e. The zero-order valence-electron chi connectivity index (χ0n) is 16.7. The maximum atomic E-state index is 12.5. The lowest BCUT2D eigenvalue weighted by atomic mass is 9.87. The molecule has 1 aromatic heterocycles. The fraction of sp³-hybridized carbons (Fsp3) is 0.500. The van der Waals surface area contributed by atoms with E-state index in [1.54, 1.807) is 13.1 Å². The van der Waals surface area contributed by atoms with Crippen molar-refractivity contribution >= 4 is 28.7 Å². The Bertz CT molecular complexity index is 870. The van der Waals surface area contributed by atoms with E-state index >= 15 is 0 Å². The molecule has 1 heterocycles. The van der Waals surface area contributed by atoms with Crippen LogP contribution in [-0.4, -0.2) is 40.0 Å². The summed E-state index contributed by atoms with van der Waals surface area (Å²) in [5.41, 5.74) is 1.74. The van der Waals surface area contributed by atoms with Crippen LogP contribution < -0.4 is 10.6 Å². The minimum Gasteiger partial charge on any atom is -0.480 e. The third-order valence-corrected chi connectivity index (χ3v) is 5.68. The molecule has 1 saturated carbocycles. The number of carbonyl (C=O) groups is 3. The summed E-state index contributed by atoms with van der Waals surface area (Å²) < 4.78 is 0. The minimum atomic E-state index is -1.11. The fourth-order valence-electron chi connectivity index (χ4n) is 4.04. The molecule has 0 bridgehead atoms. The second kappa shape index (κ2) is 9.58. The van der Waals surface area contributed by atoms with Crippen LogP contribution in [-0.2, 0) is 20.8 Å². The number of H-pyrrole nitrogens is 1. The zero-order chi connectivity index (χ0) is 20.8. The van der Waals surface area contributed by atoms with Crippen molar-refractivity contribution in [2.24, 2.45) is 5.92 Å². The van der Waals surface area contributed by atoms with E-state index in [0.717, 1.165) is 42.1 Å². The van der Waals surface area contributed by atoms with Gasteiger partial charge in [0.1, 0.15) is 12.1 Å². The van der Waals surface area contributed by atoms with Crippen molar-refractivity contribution in [3.05, 3.63) is 36.0 Å². The number of amides is 2. The molecule has 2 unspecified atom stereocenters. The first kappa shape index (κ1) is 20.9. The monoisotopic (exact) mass is 399 g/mol. The molecule has 0 aliphatic heterocycles. The van der Waals surface area contributed by atoms with Gasteiger partial charge in [-0.3, -0.25) is 9.59 Å². The van der Waals surface area contributed by atoms with Gasteiger partial charge in [0, 0.05) is 29.9 Å².